The predicted octanol–water partition coefficient (Wildman–Crippen LogP) is 2.41. The van der Waals surface area contributed by atoms with E-state index in [1.54, 1.807) is 12.2 Å². The molecular weight excluding hydrogens is 254 g/mol. The Morgan fingerprint density at radius 1 is 1.20 bits per heavy atom. The van der Waals surface area contributed by atoms with Crippen LogP contribution in [0.5, 0.6) is 11.5 Å². The normalized spacial score (nSPS) is 12.9. The van der Waals surface area contributed by atoms with Gasteiger partial charge in [0.1, 0.15) is 11.5 Å². The average molecular weight is 275 g/mol. The van der Waals surface area contributed by atoms with Crippen LogP contribution in [0.4, 0.5) is 0 Å². The number of benzene rings is 1. The lowest BCUT2D eigenvalue weighted by Crippen LogP contribution is -2.22. The zero-order valence-electron chi connectivity index (χ0n) is 11.4. The molecule has 4 heteroatoms. The lowest BCUT2D eigenvalue weighted by molar-refractivity contribution is 0.174. The van der Waals surface area contributed by atoms with Crippen molar-refractivity contribution in [3.63, 3.8) is 0 Å². The van der Waals surface area contributed by atoms with Gasteiger partial charge >= 0.3 is 0 Å². The van der Waals surface area contributed by atoms with Crippen molar-refractivity contribution in [1.82, 2.24) is 5.32 Å². The highest BCUT2D eigenvalue weighted by Gasteiger charge is 2.09. The van der Waals surface area contributed by atoms with Crippen LogP contribution in [0.15, 0.2) is 55.2 Å². The Hall–Kier alpha value is -2.04. The smallest absolute Gasteiger partial charge is 0.119 e. The molecule has 0 fully saturated rings. The van der Waals surface area contributed by atoms with Crippen molar-refractivity contribution in [3.05, 3.63) is 60.7 Å². The molecule has 1 rings (SSSR count). The predicted molar refractivity (Wildman–Crippen MR) is 80.7 cm³/mol. The van der Waals surface area contributed by atoms with Gasteiger partial charge in [0.15, 0.2) is 0 Å². The summed E-state index contributed by atoms with van der Waals surface area (Å²) in [6, 6.07) is 4.08. The number of allylic oxidation sites excluding steroid dienone is 3. The Labute approximate surface area is 119 Å². The van der Waals surface area contributed by atoms with E-state index in [-0.39, 0.29) is 11.5 Å². The van der Waals surface area contributed by atoms with Gasteiger partial charge in [-0.05, 0) is 36.2 Å². The summed E-state index contributed by atoms with van der Waals surface area (Å²) in [6.07, 6.45) is 5.36. The van der Waals surface area contributed by atoms with Crippen molar-refractivity contribution >= 4 is 0 Å². The molecule has 0 radical (unpaired) electrons. The molecule has 4 N–H and O–H groups in total. The number of hydrogen-bond acceptors (Lipinski definition) is 4. The van der Waals surface area contributed by atoms with Crippen LogP contribution in [-0.4, -0.2) is 28.4 Å². The molecule has 0 spiro atoms. The first-order valence-corrected chi connectivity index (χ1v) is 6.42. The molecule has 0 aliphatic carbocycles. The molecule has 0 aromatic heterocycles. The van der Waals surface area contributed by atoms with Gasteiger partial charge in [-0.3, -0.25) is 0 Å². The Bertz CT molecular complexity index is 474. The molecule has 20 heavy (non-hydrogen) atoms. The first-order chi connectivity index (χ1) is 9.56. The summed E-state index contributed by atoms with van der Waals surface area (Å²) in [4.78, 5) is 0. The van der Waals surface area contributed by atoms with E-state index in [4.69, 9.17) is 0 Å². The fourth-order valence-electron chi connectivity index (χ4n) is 1.80. The molecule has 1 unspecified atom stereocenters. The highest BCUT2D eigenvalue weighted by Crippen LogP contribution is 2.24. The summed E-state index contributed by atoms with van der Waals surface area (Å²) in [7, 11) is 0. The van der Waals surface area contributed by atoms with E-state index < -0.39 is 6.10 Å². The zero-order valence-corrected chi connectivity index (χ0v) is 11.4. The van der Waals surface area contributed by atoms with Crippen LogP contribution in [0.3, 0.4) is 0 Å². The first kappa shape index (κ1) is 16.0. The van der Waals surface area contributed by atoms with Crippen LogP contribution in [0.2, 0.25) is 0 Å². The fraction of sp³-hybridized carbons (Fsp3) is 0.250. The van der Waals surface area contributed by atoms with Gasteiger partial charge < -0.3 is 20.6 Å². The summed E-state index contributed by atoms with van der Waals surface area (Å²) in [5.41, 5.74) is 1.54. The molecule has 0 saturated heterocycles. The van der Waals surface area contributed by atoms with Crippen LogP contribution in [0.1, 0.15) is 18.1 Å². The van der Waals surface area contributed by atoms with E-state index in [1.807, 2.05) is 6.08 Å². The third kappa shape index (κ3) is 5.30. The van der Waals surface area contributed by atoms with Crippen molar-refractivity contribution < 1.29 is 15.3 Å². The lowest BCUT2D eigenvalue weighted by atomic mass is 10.1. The van der Waals surface area contributed by atoms with E-state index in [1.165, 1.54) is 18.2 Å². The van der Waals surface area contributed by atoms with Crippen molar-refractivity contribution in [2.45, 2.75) is 12.5 Å². The highest BCUT2D eigenvalue weighted by atomic mass is 16.3. The highest BCUT2D eigenvalue weighted by molar-refractivity contribution is 5.37. The SMILES string of the molecule is C=C/C=C(\C=C)CCNCC(O)c1cc(O)cc(O)c1. The summed E-state index contributed by atoms with van der Waals surface area (Å²) in [6.45, 7) is 8.36. The zero-order chi connectivity index (χ0) is 15.0. The number of nitrogens with one attached hydrogen (secondary N) is 1. The van der Waals surface area contributed by atoms with Crippen molar-refractivity contribution in [2.75, 3.05) is 13.1 Å². The topological polar surface area (TPSA) is 72.7 Å². The molecule has 1 aromatic rings. The molecule has 1 aromatic carbocycles. The number of aliphatic hydroxyl groups is 1. The van der Waals surface area contributed by atoms with Crippen LogP contribution in [-0.2, 0) is 0 Å². The number of aliphatic hydroxyl groups excluding tert-OH is 1. The molecular formula is C16H21NO3. The molecule has 108 valence electrons. The Balaban J connectivity index is 2.43. The van der Waals surface area contributed by atoms with Gasteiger partial charge in [-0.15, -0.1) is 0 Å². The maximum Gasteiger partial charge on any atom is 0.119 e. The van der Waals surface area contributed by atoms with Gasteiger partial charge in [0, 0.05) is 12.6 Å². The van der Waals surface area contributed by atoms with Gasteiger partial charge in [-0.2, -0.15) is 0 Å². The molecule has 0 heterocycles. The van der Waals surface area contributed by atoms with Gasteiger partial charge in [0.2, 0.25) is 0 Å². The summed E-state index contributed by atoms with van der Waals surface area (Å²) >= 11 is 0. The fourth-order valence-corrected chi connectivity index (χ4v) is 1.80. The van der Waals surface area contributed by atoms with Crippen LogP contribution < -0.4 is 5.32 Å². The number of aromatic hydroxyl groups is 2. The minimum absolute atomic E-state index is 0.0677. The first-order valence-electron chi connectivity index (χ1n) is 6.42. The Morgan fingerprint density at radius 3 is 2.40 bits per heavy atom. The van der Waals surface area contributed by atoms with Crippen LogP contribution in [0, 0.1) is 0 Å². The van der Waals surface area contributed by atoms with E-state index in [0.717, 1.165) is 12.0 Å². The van der Waals surface area contributed by atoms with E-state index in [2.05, 4.69) is 18.5 Å². The van der Waals surface area contributed by atoms with Crippen molar-refractivity contribution in [3.8, 4) is 11.5 Å². The monoisotopic (exact) mass is 275 g/mol. The third-order valence-corrected chi connectivity index (χ3v) is 2.83. The lowest BCUT2D eigenvalue weighted by Gasteiger charge is -2.13. The molecule has 0 aliphatic heterocycles. The van der Waals surface area contributed by atoms with E-state index >= 15 is 0 Å². The maximum absolute atomic E-state index is 9.96. The van der Waals surface area contributed by atoms with E-state index in [0.29, 0.717) is 18.7 Å². The molecule has 1 atom stereocenters. The van der Waals surface area contributed by atoms with Gasteiger partial charge in [-0.25, -0.2) is 0 Å². The number of phenols is 2. The van der Waals surface area contributed by atoms with Crippen LogP contribution >= 0.6 is 0 Å². The second-order valence-corrected chi connectivity index (χ2v) is 4.43. The number of rotatable bonds is 8. The van der Waals surface area contributed by atoms with Gasteiger partial charge in [-0.1, -0.05) is 31.4 Å². The largest absolute Gasteiger partial charge is 0.508 e. The molecule has 4 nitrogen and oxygen atoms in total. The summed E-state index contributed by atoms with van der Waals surface area (Å²) in [5.74, 6) is -0.135. The minimum Gasteiger partial charge on any atom is -0.508 e. The third-order valence-electron chi connectivity index (χ3n) is 2.83. The number of hydrogen-bond donors (Lipinski definition) is 4. The minimum atomic E-state index is -0.788. The number of phenolic OH excluding ortho intramolecular Hbond substituents is 2. The van der Waals surface area contributed by atoms with Gasteiger partial charge in [0.25, 0.3) is 0 Å². The molecule has 0 saturated carbocycles. The second-order valence-electron chi connectivity index (χ2n) is 4.43. The van der Waals surface area contributed by atoms with Crippen molar-refractivity contribution in [1.29, 1.82) is 0 Å². The summed E-state index contributed by atoms with van der Waals surface area (Å²) in [5, 5.41) is 31.8. The van der Waals surface area contributed by atoms with Crippen molar-refractivity contribution in [2.24, 2.45) is 0 Å². The quantitative estimate of drug-likeness (QED) is 0.434. The molecule has 0 bridgehead atoms. The maximum atomic E-state index is 9.96. The van der Waals surface area contributed by atoms with E-state index in [9.17, 15) is 15.3 Å². The Kier molecular flexibility index (Phi) is 6.56. The Morgan fingerprint density at radius 2 is 1.85 bits per heavy atom. The average Bonchev–Trinajstić information content (AvgIpc) is 2.40. The molecule has 0 amide bonds. The van der Waals surface area contributed by atoms with Gasteiger partial charge in [0.05, 0.1) is 6.10 Å². The molecule has 0 aliphatic rings. The van der Waals surface area contributed by atoms with Crippen LogP contribution in [0.25, 0.3) is 0 Å². The second kappa shape index (κ2) is 8.19. The summed E-state index contributed by atoms with van der Waals surface area (Å²) < 4.78 is 0. The standard InChI is InChI=1S/C16H21NO3/c1-3-5-12(4-2)6-7-17-11-16(20)13-8-14(18)10-15(19)9-13/h3-5,8-10,16-20H,1-2,6-7,11H2/b12-5+.